The summed E-state index contributed by atoms with van der Waals surface area (Å²) in [7, 11) is 1.62. The summed E-state index contributed by atoms with van der Waals surface area (Å²) in [6, 6.07) is 3.90. The minimum atomic E-state index is -0.696. The van der Waals surface area contributed by atoms with E-state index in [2.05, 4.69) is 10.6 Å². The second-order valence-corrected chi connectivity index (χ2v) is 11.4. The van der Waals surface area contributed by atoms with E-state index < -0.39 is 23.6 Å². The molecule has 0 bridgehead atoms. The number of benzene rings is 1. The van der Waals surface area contributed by atoms with Crippen LogP contribution in [0.1, 0.15) is 56.0 Å². The third kappa shape index (κ3) is 10.3. The highest BCUT2D eigenvalue weighted by molar-refractivity contribution is 6.05. The number of likely N-dealkylation sites (N-methyl/N-ethyl adjacent to an activating group) is 1. The minimum Gasteiger partial charge on any atom is -0.444 e. The average molecular weight is 606 g/mol. The molecule has 14 nitrogen and oxygen atoms in total. The Morgan fingerprint density at radius 2 is 1.79 bits per heavy atom. The Kier molecular flexibility index (Phi) is 12.4. The van der Waals surface area contributed by atoms with Gasteiger partial charge >= 0.3 is 6.09 Å². The molecule has 1 fully saturated rings. The number of rotatable bonds is 15. The number of nitrogens with two attached hydrogens (primary N) is 1. The predicted octanol–water partition coefficient (Wildman–Crippen LogP) is 1.02. The van der Waals surface area contributed by atoms with Gasteiger partial charge in [0.1, 0.15) is 11.6 Å². The molecule has 2 unspecified atom stereocenters. The number of amides is 5. The summed E-state index contributed by atoms with van der Waals surface area (Å²) in [5.74, 6) is -1.35. The van der Waals surface area contributed by atoms with Gasteiger partial charge in [0.05, 0.1) is 52.1 Å². The number of nitrogens with one attached hydrogen (secondary N) is 2. The van der Waals surface area contributed by atoms with Crippen LogP contribution < -0.4 is 16.4 Å². The van der Waals surface area contributed by atoms with Gasteiger partial charge in [-0.15, -0.1) is 0 Å². The van der Waals surface area contributed by atoms with E-state index in [4.69, 9.17) is 24.7 Å². The van der Waals surface area contributed by atoms with Crippen molar-refractivity contribution in [2.75, 3.05) is 58.6 Å². The monoisotopic (exact) mass is 605 g/mol. The molecule has 1 saturated heterocycles. The first-order valence-corrected chi connectivity index (χ1v) is 14.4. The van der Waals surface area contributed by atoms with Crippen LogP contribution in [0.3, 0.4) is 0 Å². The molecule has 1 aromatic carbocycles. The van der Waals surface area contributed by atoms with Crippen LogP contribution in [-0.2, 0) is 39.9 Å². The van der Waals surface area contributed by atoms with Gasteiger partial charge in [-0.05, 0) is 51.0 Å². The Balaban J connectivity index is 1.37. The number of ether oxygens (including phenoxy) is 4. The van der Waals surface area contributed by atoms with Gasteiger partial charge in [0.15, 0.2) is 0 Å². The van der Waals surface area contributed by atoms with Gasteiger partial charge in [-0.2, -0.15) is 0 Å². The molecule has 2 atom stereocenters. The quantitative estimate of drug-likeness (QED) is 0.193. The Morgan fingerprint density at radius 1 is 1.09 bits per heavy atom. The van der Waals surface area contributed by atoms with E-state index in [1.54, 1.807) is 46.0 Å². The summed E-state index contributed by atoms with van der Waals surface area (Å²) in [5, 5.41) is 5.08. The van der Waals surface area contributed by atoms with Crippen molar-refractivity contribution in [1.29, 1.82) is 0 Å². The van der Waals surface area contributed by atoms with E-state index >= 15 is 0 Å². The number of hydrogen-bond donors (Lipinski definition) is 3. The Labute approximate surface area is 251 Å². The first kappa shape index (κ1) is 33.9. The maximum absolute atomic E-state index is 12.8. The Bertz CT molecular complexity index is 1170. The van der Waals surface area contributed by atoms with Crippen LogP contribution in [0.5, 0.6) is 0 Å². The molecule has 1 aromatic rings. The number of nitrogens with zero attached hydrogens (tertiary/aromatic N) is 2. The summed E-state index contributed by atoms with van der Waals surface area (Å²) in [5.41, 5.74) is 6.56. The number of imide groups is 1. The number of anilines is 1. The molecule has 4 N–H and O–H groups in total. The summed E-state index contributed by atoms with van der Waals surface area (Å²) in [4.78, 5) is 64.3. The van der Waals surface area contributed by atoms with Crippen molar-refractivity contribution in [2.24, 2.45) is 5.73 Å². The molecule has 2 aliphatic rings. The zero-order chi connectivity index (χ0) is 31.6. The fourth-order valence-corrected chi connectivity index (χ4v) is 4.54. The van der Waals surface area contributed by atoms with E-state index in [9.17, 15) is 24.0 Å². The molecular weight excluding hydrogens is 562 g/mol. The predicted molar refractivity (Wildman–Crippen MR) is 155 cm³/mol. The zero-order valence-electron chi connectivity index (χ0n) is 25.3. The highest BCUT2D eigenvalue weighted by Crippen LogP contribution is 2.29. The van der Waals surface area contributed by atoms with Crippen LogP contribution in [0.4, 0.5) is 10.5 Å². The SMILES string of the molecule is CN(C(=O)OC(C)(C)C)C(COCCN)COCCOCCC(=O)Nc1ccc2c(c1)CN(C1CCC(=O)NC1=O)C2=O. The number of carbonyl (C=O) groups is 5. The maximum Gasteiger partial charge on any atom is 0.410 e. The summed E-state index contributed by atoms with van der Waals surface area (Å²) < 4.78 is 22.2. The first-order chi connectivity index (χ1) is 20.4. The minimum absolute atomic E-state index is 0.106. The van der Waals surface area contributed by atoms with E-state index in [1.165, 1.54) is 9.80 Å². The van der Waals surface area contributed by atoms with Crippen molar-refractivity contribution in [3.05, 3.63) is 29.3 Å². The lowest BCUT2D eigenvalue weighted by Gasteiger charge is -2.30. The van der Waals surface area contributed by atoms with Gasteiger partial charge in [0.25, 0.3) is 5.91 Å². The molecule has 14 heteroatoms. The van der Waals surface area contributed by atoms with Gasteiger partial charge in [0.2, 0.25) is 17.7 Å². The van der Waals surface area contributed by atoms with E-state index in [1.807, 2.05) is 0 Å². The van der Waals surface area contributed by atoms with Crippen LogP contribution in [0.15, 0.2) is 18.2 Å². The molecule has 5 amide bonds. The van der Waals surface area contributed by atoms with Crippen LogP contribution in [0.2, 0.25) is 0 Å². The summed E-state index contributed by atoms with van der Waals surface area (Å²) >= 11 is 0. The van der Waals surface area contributed by atoms with Crippen molar-refractivity contribution in [3.63, 3.8) is 0 Å². The second-order valence-electron chi connectivity index (χ2n) is 11.4. The molecule has 2 aliphatic heterocycles. The van der Waals surface area contributed by atoms with Gasteiger partial charge in [0, 0.05) is 37.8 Å². The Hall–Kier alpha value is -3.59. The molecular formula is C29H43N5O9. The van der Waals surface area contributed by atoms with Crippen LogP contribution in [0, 0.1) is 0 Å². The third-order valence-corrected chi connectivity index (χ3v) is 6.76. The molecule has 2 heterocycles. The van der Waals surface area contributed by atoms with Crippen molar-refractivity contribution in [3.8, 4) is 0 Å². The number of piperidine rings is 1. The molecule has 0 aromatic heterocycles. The molecule has 238 valence electrons. The number of carbonyl (C=O) groups excluding carboxylic acids is 5. The molecule has 0 aliphatic carbocycles. The van der Waals surface area contributed by atoms with Crippen molar-refractivity contribution >= 4 is 35.4 Å². The molecule has 43 heavy (non-hydrogen) atoms. The highest BCUT2D eigenvalue weighted by Gasteiger charge is 2.39. The van der Waals surface area contributed by atoms with Gasteiger partial charge < -0.3 is 39.8 Å². The van der Waals surface area contributed by atoms with Gasteiger partial charge in [-0.1, -0.05) is 0 Å². The number of hydrogen-bond acceptors (Lipinski definition) is 10. The average Bonchev–Trinajstić information content (AvgIpc) is 3.25. The highest BCUT2D eigenvalue weighted by atomic mass is 16.6. The topological polar surface area (TPSA) is 179 Å². The zero-order valence-corrected chi connectivity index (χ0v) is 25.3. The van der Waals surface area contributed by atoms with Gasteiger partial charge in [-0.3, -0.25) is 24.5 Å². The van der Waals surface area contributed by atoms with E-state index in [-0.39, 0.29) is 82.6 Å². The normalized spacial score (nSPS) is 17.4. The molecule has 0 saturated carbocycles. The molecule has 0 spiro atoms. The fourth-order valence-electron chi connectivity index (χ4n) is 4.54. The fraction of sp³-hybridized carbons (Fsp3) is 0.621. The Morgan fingerprint density at radius 3 is 2.47 bits per heavy atom. The number of fused-ring (bicyclic) bond motifs is 1. The van der Waals surface area contributed by atoms with Crippen molar-refractivity contribution in [2.45, 2.75) is 64.3 Å². The summed E-state index contributed by atoms with van der Waals surface area (Å²) in [6.45, 7) is 7.42. The molecule has 3 rings (SSSR count). The standard InChI is InChI=1S/C29H43N5O9/c1-29(2,3)43-28(39)33(4)21(17-41-12-10-30)18-42-14-13-40-11-9-25(36)31-20-5-6-22-19(15-20)16-34(27(22)38)23-7-8-24(35)32-26(23)37/h5-6,15,21,23H,7-14,16-18,30H2,1-4H3,(H,31,36)(H,32,35,37). The lowest BCUT2D eigenvalue weighted by Crippen LogP contribution is -2.52. The van der Waals surface area contributed by atoms with Crippen LogP contribution in [-0.4, -0.2) is 110 Å². The van der Waals surface area contributed by atoms with E-state index in [0.29, 0.717) is 30.0 Å². The van der Waals surface area contributed by atoms with E-state index in [0.717, 1.165) is 0 Å². The van der Waals surface area contributed by atoms with Crippen LogP contribution >= 0.6 is 0 Å². The second kappa shape index (κ2) is 15.8. The van der Waals surface area contributed by atoms with Gasteiger partial charge in [-0.25, -0.2) is 4.79 Å². The first-order valence-electron chi connectivity index (χ1n) is 14.4. The van der Waals surface area contributed by atoms with Crippen molar-refractivity contribution in [1.82, 2.24) is 15.1 Å². The third-order valence-electron chi connectivity index (χ3n) is 6.76. The smallest absolute Gasteiger partial charge is 0.410 e. The van der Waals surface area contributed by atoms with Crippen molar-refractivity contribution < 1.29 is 42.9 Å². The van der Waals surface area contributed by atoms with Crippen LogP contribution in [0.25, 0.3) is 0 Å². The lowest BCUT2D eigenvalue weighted by molar-refractivity contribution is -0.137. The molecule has 0 radical (unpaired) electrons. The summed E-state index contributed by atoms with van der Waals surface area (Å²) in [6.07, 6.45) is 0.0880. The largest absolute Gasteiger partial charge is 0.444 e. The maximum atomic E-state index is 12.8. The lowest BCUT2D eigenvalue weighted by atomic mass is 10.0.